The fraction of sp³-hybridized carbons (Fsp3) is 0.150. The number of rotatable bonds is 5. The zero-order valence-electron chi connectivity index (χ0n) is 15.5. The summed E-state index contributed by atoms with van der Waals surface area (Å²) in [6.07, 6.45) is 1.67. The average molecular weight is 415 g/mol. The molecule has 1 N–H and O–H groups in total. The van der Waals surface area contributed by atoms with Crippen molar-refractivity contribution >= 4 is 46.2 Å². The molecule has 0 aliphatic carbocycles. The minimum absolute atomic E-state index is 0.250. The number of thioether (sulfide) groups is 1. The van der Waals surface area contributed by atoms with Gasteiger partial charge in [-0.1, -0.05) is 30.0 Å². The molecule has 0 spiro atoms. The standard InChI is InChI=1S/C20H18N2O4S2/c1-12-6-4-5-7-15(12)18(23)21-22-19(24)17(28-20(22)27)11-13-10-14(25-2)8-9-16(13)26-3/h4-11H,1-3H3,(H,21,23). The van der Waals surface area contributed by atoms with Crippen LogP contribution in [0.15, 0.2) is 47.4 Å². The van der Waals surface area contributed by atoms with Gasteiger partial charge in [0.15, 0.2) is 4.32 Å². The van der Waals surface area contributed by atoms with E-state index in [1.807, 2.05) is 19.1 Å². The molecule has 1 fully saturated rings. The van der Waals surface area contributed by atoms with E-state index in [4.69, 9.17) is 21.7 Å². The van der Waals surface area contributed by atoms with Crippen LogP contribution < -0.4 is 14.9 Å². The molecule has 2 aromatic carbocycles. The molecule has 1 aliphatic rings. The number of ether oxygens (including phenoxy) is 2. The molecule has 0 unspecified atom stereocenters. The molecule has 1 aliphatic heterocycles. The van der Waals surface area contributed by atoms with Gasteiger partial charge in [-0.2, -0.15) is 5.01 Å². The average Bonchev–Trinajstić information content (AvgIpc) is 2.95. The molecule has 1 saturated heterocycles. The highest BCUT2D eigenvalue weighted by Gasteiger charge is 2.34. The first kappa shape index (κ1) is 19.9. The largest absolute Gasteiger partial charge is 0.497 e. The van der Waals surface area contributed by atoms with E-state index < -0.39 is 11.8 Å². The summed E-state index contributed by atoms with van der Waals surface area (Å²) in [6, 6.07) is 12.4. The van der Waals surface area contributed by atoms with Crippen LogP contribution >= 0.6 is 24.0 Å². The zero-order valence-corrected chi connectivity index (χ0v) is 17.1. The van der Waals surface area contributed by atoms with Crippen LogP contribution in [-0.4, -0.2) is 35.4 Å². The van der Waals surface area contributed by atoms with Gasteiger partial charge in [-0.15, -0.1) is 0 Å². The lowest BCUT2D eigenvalue weighted by molar-refractivity contribution is -0.123. The van der Waals surface area contributed by atoms with E-state index in [-0.39, 0.29) is 4.32 Å². The van der Waals surface area contributed by atoms with Crippen LogP contribution in [-0.2, 0) is 4.79 Å². The Balaban J connectivity index is 1.85. The number of carbonyl (C=O) groups excluding carboxylic acids is 2. The van der Waals surface area contributed by atoms with Gasteiger partial charge in [0.2, 0.25) is 0 Å². The Morgan fingerprint density at radius 1 is 1.18 bits per heavy atom. The summed E-state index contributed by atoms with van der Waals surface area (Å²) >= 11 is 6.39. The Hall–Kier alpha value is -2.84. The predicted molar refractivity (Wildman–Crippen MR) is 113 cm³/mol. The van der Waals surface area contributed by atoms with Gasteiger partial charge in [0.05, 0.1) is 19.1 Å². The van der Waals surface area contributed by atoms with Gasteiger partial charge < -0.3 is 9.47 Å². The molecule has 28 heavy (non-hydrogen) atoms. The van der Waals surface area contributed by atoms with Gasteiger partial charge in [0.1, 0.15) is 11.5 Å². The molecule has 0 atom stereocenters. The van der Waals surface area contributed by atoms with E-state index >= 15 is 0 Å². The smallest absolute Gasteiger partial charge is 0.285 e. The molecule has 8 heteroatoms. The second kappa shape index (κ2) is 8.45. The molecule has 0 bridgehead atoms. The van der Waals surface area contributed by atoms with Crippen molar-refractivity contribution < 1.29 is 19.1 Å². The molecular formula is C20H18N2O4S2. The van der Waals surface area contributed by atoms with Crippen LogP contribution in [0.2, 0.25) is 0 Å². The Labute approximate surface area is 172 Å². The Kier molecular flexibility index (Phi) is 6.01. The van der Waals surface area contributed by atoms with Gasteiger partial charge in [0.25, 0.3) is 11.8 Å². The van der Waals surface area contributed by atoms with Crippen molar-refractivity contribution in [2.75, 3.05) is 14.2 Å². The lowest BCUT2D eigenvalue weighted by Crippen LogP contribution is -2.45. The van der Waals surface area contributed by atoms with Crippen molar-refractivity contribution in [3.8, 4) is 11.5 Å². The summed E-state index contributed by atoms with van der Waals surface area (Å²) in [6.45, 7) is 1.83. The SMILES string of the molecule is COc1ccc(OC)c(C=C2SC(=S)N(NC(=O)c3ccccc3C)C2=O)c1. The summed E-state index contributed by atoms with van der Waals surface area (Å²) < 4.78 is 10.8. The number of hydrazine groups is 1. The van der Waals surface area contributed by atoms with Crippen LogP contribution in [0.5, 0.6) is 11.5 Å². The number of benzene rings is 2. The zero-order chi connectivity index (χ0) is 20.3. The minimum Gasteiger partial charge on any atom is -0.497 e. The Morgan fingerprint density at radius 3 is 2.61 bits per heavy atom. The Morgan fingerprint density at radius 2 is 1.93 bits per heavy atom. The van der Waals surface area contributed by atoms with Crippen molar-refractivity contribution in [1.29, 1.82) is 0 Å². The van der Waals surface area contributed by atoms with E-state index in [0.717, 1.165) is 22.3 Å². The normalized spacial score (nSPS) is 15.1. The number of nitrogens with zero attached hydrogens (tertiary/aromatic N) is 1. The third kappa shape index (κ3) is 4.02. The summed E-state index contributed by atoms with van der Waals surface area (Å²) in [5.41, 5.74) is 4.55. The van der Waals surface area contributed by atoms with Crippen LogP contribution in [0.1, 0.15) is 21.5 Å². The molecule has 3 rings (SSSR count). The first-order chi connectivity index (χ1) is 13.4. The van der Waals surface area contributed by atoms with E-state index in [0.29, 0.717) is 27.5 Å². The summed E-state index contributed by atoms with van der Waals surface area (Å²) in [5, 5.41) is 1.09. The number of aryl methyl sites for hydroxylation is 1. The van der Waals surface area contributed by atoms with Crippen molar-refractivity contribution in [2.45, 2.75) is 6.92 Å². The number of amides is 2. The highest BCUT2D eigenvalue weighted by atomic mass is 32.2. The fourth-order valence-electron chi connectivity index (χ4n) is 2.65. The van der Waals surface area contributed by atoms with Crippen molar-refractivity contribution in [3.63, 3.8) is 0 Å². The topological polar surface area (TPSA) is 67.9 Å². The van der Waals surface area contributed by atoms with E-state index in [2.05, 4.69) is 5.43 Å². The van der Waals surface area contributed by atoms with Gasteiger partial charge in [-0.3, -0.25) is 15.0 Å². The van der Waals surface area contributed by atoms with Gasteiger partial charge in [-0.05, 0) is 55.0 Å². The number of methoxy groups -OCH3 is 2. The molecule has 0 aromatic heterocycles. The minimum atomic E-state index is -0.401. The molecule has 2 aromatic rings. The maximum atomic E-state index is 12.8. The summed E-state index contributed by atoms with van der Waals surface area (Å²) in [5.74, 6) is 0.432. The first-order valence-electron chi connectivity index (χ1n) is 8.31. The fourth-order valence-corrected chi connectivity index (χ4v) is 3.82. The molecule has 6 nitrogen and oxygen atoms in total. The molecular weight excluding hydrogens is 396 g/mol. The second-order valence-electron chi connectivity index (χ2n) is 5.88. The molecule has 1 heterocycles. The predicted octanol–water partition coefficient (Wildman–Crippen LogP) is 3.56. The van der Waals surface area contributed by atoms with Crippen LogP contribution in [0.3, 0.4) is 0 Å². The second-order valence-corrected chi connectivity index (χ2v) is 7.56. The first-order valence-corrected chi connectivity index (χ1v) is 9.53. The van der Waals surface area contributed by atoms with Gasteiger partial charge in [0, 0.05) is 11.1 Å². The third-order valence-corrected chi connectivity index (χ3v) is 5.42. The quantitative estimate of drug-likeness (QED) is 0.596. The number of hydrogen-bond acceptors (Lipinski definition) is 6. The molecule has 144 valence electrons. The Bertz CT molecular complexity index is 988. The van der Waals surface area contributed by atoms with Gasteiger partial charge >= 0.3 is 0 Å². The van der Waals surface area contributed by atoms with Crippen LogP contribution in [0.4, 0.5) is 0 Å². The van der Waals surface area contributed by atoms with Gasteiger partial charge in [-0.25, -0.2) is 0 Å². The highest BCUT2D eigenvalue weighted by molar-refractivity contribution is 8.26. The van der Waals surface area contributed by atoms with Crippen LogP contribution in [0, 0.1) is 6.92 Å². The van der Waals surface area contributed by atoms with E-state index in [1.165, 1.54) is 0 Å². The maximum absolute atomic E-state index is 12.8. The van der Waals surface area contributed by atoms with Crippen LogP contribution in [0.25, 0.3) is 6.08 Å². The maximum Gasteiger partial charge on any atom is 0.285 e. The number of thiocarbonyl (C=S) groups is 1. The van der Waals surface area contributed by atoms with E-state index in [9.17, 15) is 9.59 Å². The lowest BCUT2D eigenvalue weighted by atomic mass is 10.1. The number of carbonyl (C=O) groups is 2. The summed E-state index contributed by atoms with van der Waals surface area (Å²) in [7, 11) is 3.11. The van der Waals surface area contributed by atoms with E-state index in [1.54, 1.807) is 50.6 Å². The molecule has 0 radical (unpaired) electrons. The number of hydrogen-bond donors (Lipinski definition) is 1. The highest BCUT2D eigenvalue weighted by Crippen LogP contribution is 2.34. The summed E-state index contributed by atoms with van der Waals surface area (Å²) in [4.78, 5) is 25.7. The molecule has 2 amide bonds. The monoisotopic (exact) mass is 414 g/mol. The number of nitrogens with one attached hydrogen (secondary N) is 1. The lowest BCUT2D eigenvalue weighted by Gasteiger charge is -2.16. The van der Waals surface area contributed by atoms with Crippen molar-refractivity contribution in [1.82, 2.24) is 10.4 Å². The van der Waals surface area contributed by atoms with Crippen molar-refractivity contribution in [2.24, 2.45) is 0 Å². The molecule has 0 saturated carbocycles. The third-order valence-electron chi connectivity index (χ3n) is 4.12. The van der Waals surface area contributed by atoms with Crippen molar-refractivity contribution in [3.05, 3.63) is 64.1 Å².